The first-order valence-corrected chi connectivity index (χ1v) is 15.1. The number of hydrogen-bond donors (Lipinski definition) is 4. The summed E-state index contributed by atoms with van der Waals surface area (Å²) in [5, 5.41) is 30.7. The molecule has 0 aromatic heterocycles. The number of nitrogens with one attached hydrogen (secondary N) is 1. The van der Waals surface area contributed by atoms with Crippen LogP contribution in [0.5, 0.6) is 5.75 Å². The van der Waals surface area contributed by atoms with Gasteiger partial charge in [0.25, 0.3) is 0 Å². The highest BCUT2D eigenvalue weighted by atomic mass is 32.2. The van der Waals surface area contributed by atoms with Gasteiger partial charge in [0.1, 0.15) is 12.3 Å². The average Bonchev–Trinajstić information content (AvgIpc) is 2.94. The van der Waals surface area contributed by atoms with E-state index >= 15 is 0 Å². The molecule has 0 aliphatic carbocycles. The molecule has 1 amide bonds. The largest absolute Gasteiger partial charge is 0.494 e. The Bertz CT molecular complexity index is 1100. The molecule has 0 saturated heterocycles. The van der Waals surface area contributed by atoms with Crippen molar-refractivity contribution in [2.75, 3.05) is 18.9 Å². The van der Waals surface area contributed by atoms with E-state index in [9.17, 15) is 19.5 Å². The number of aliphatic hydroxyl groups is 1. The number of aryl methyl sites for hydroxylation is 1. The zero-order chi connectivity index (χ0) is 30.1. The monoisotopic (exact) mass is 585 g/mol. The molecule has 2 aromatic carbocycles. The first-order valence-electron chi connectivity index (χ1n) is 14.0. The van der Waals surface area contributed by atoms with E-state index in [0.717, 1.165) is 37.0 Å². The van der Waals surface area contributed by atoms with Gasteiger partial charge in [0.15, 0.2) is 0 Å². The van der Waals surface area contributed by atoms with E-state index in [-0.39, 0.29) is 17.6 Å². The van der Waals surface area contributed by atoms with Crippen molar-refractivity contribution in [1.29, 1.82) is 0 Å². The molecule has 2 rings (SSSR count). The van der Waals surface area contributed by atoms with Crippen molar-refractivity contribution in [1.82, 2.24) is 5.32 Å². The number of unbranched alkanes of at least 4 members (excludes halogenated alkanes) is 2. The van der Waals surface area contributed by atoms with Crippen molar-refractivity contribution in [3.05, 3.63) is 71.8 Å². The number of aliphatic carboxylic acids is 2. The highest BCUT2D eigenvalue weighted by molar-refractivity contribution is 8.00. The third-order valence-corrected chi connectivity index (χ3v) is 8.25. The molecule has 2 unspecified atom stereocenters. The van der Waals surface area contributed by atoms with Gasteiger partial charge in [-0.25, -0.2) is 0 Å². The number of thioether (sulfide) groups is 1. The Kier molecular flexibility index (Phi) is 15.0. The lowest BCUT2D eigenvalue weighted by Crippen LogP contribution is -2.41. The van der Waals surface area contributed by atoms with Crippen LogP contribution < -0.4 is 10.1 Å². The van der Waals surface area contributed by atoms with Crippen molar-refractivity contribution in [2.24, 2.45) is 5.41 Å². The second kappa shape index (κ2) is 18.2. The topological polar surface area (TPSA) is 133 Å². The van der Waals surface area contributed by atoms with Crippen molar-refractivity contribution in [3.8, 4) is 5.75 Å². The van der Waals surface area contributed by atoms with Crippen molar-refractivity contribution < 1.29 is 34.4 Å². The second-order valence-electron chi connectivity index (χ2n) is 10.7. The molecule has 0 spiro atoms. The van der Waals surface area contributed by atoms with Crippen LogP contribution in [0.3, 0.4) is 0 Å². The summed E-state index contributed by atoms with van der Waals surface area (Å²) in [6.45, 7) is 3.71. The number of carboxylic acids is 2. The number of ether oxygens (including phenoxy) is 1. The van der Waals surface area contributed by atoms with E-state index in [1.165, 1.54) is 17.3 Å². The first-order chi connectivity index (χ1) is 19.6. The third kappa shape index (κ3) is 14.2. The highest BCUT2D eigenvalue weighted by Crippen LogP contribution is 2.29. The molecule has 0 aliphatic rings. The molecular weight excluding hydrogens is 542 g/mol. The number of rotatable bonds is 20. The Labute approximate surface area is 247 Å². The van der Waals surface area contributed by atoms with Crippen LogP contribution >= 0.6 is 11.8 Å². The lowest BCUT2D eigenvalue weighted by atomic mass is 9.95. The molecule has 224 valence electrons. The number of amides is 1. The van der Waals surface area contributed by atoms with Crippen LogP contribution in [0.25, 0.3) is 6.08 Å². The summed E-state index contributed by atoms with van der Waals surface area (Å²) in [6.07, 6.45) is 7.80. The fraction of sp³-hybridized carbons (Fsp3) is 0.469. The fourth-order valence-electron chi connectivity index (χ4n) is 4.00. The molecule has 0 saturated carbocycles. The van der Waals surface area contributed by atoms with Gasteiger partial charge in [-0.1, -0.05) is 68.5 Å². The second-order valence-corrected chi connectivity index (χ2v) is 11.8. The molecule has 41 heavy (non-hydrogen) atoms. The predicted octanol–water partition coefficient (Wildman–Crippen LogP) is 5.44. The van der Waals surface area contributed by atoms with Crippen LogP contribution in [0.1, 0.15) is 63.5 Å². The number of carboxylic acid groups (broad SMARTS) is 2. The van der Waals surface area contributed by atoms with E-state index in [4.69, 9.17) is 14.9 Å². The van der Waals surface area contributed by atoms with Crippen LogP contribution in [0.15, 0.2) is 60.7 Å². The molecule has 9 heteroatoms. The maximum atomic E-state index is 12.5. The Balaban J connectivity index is 1.89. The number of aliphatic hydroxyl groups excluding tert-OH is 1. The standard InChI is InChI=1S/C32H43NO7S/c1-32(2,31(39)33-22-30(37)38)23-41-28(27(34)13-9-14-29(35)36)20-19-25-17-15-24(16-18-25)10-5-4-8-21-40-26-11-6-3-7-12-26/h3,6-7,11-12,15-20,27-28,34H,4-5,8-10,13-14,21-23H2,1-2H3,(H,33,39)(H,35,36)(H,37,38)/b20-19+. The molecule has 2 aromatic rings. The number of benzene rings is 2. The lowest BCUT2D eigenvalue weighted by Gasteiger charge is -2.26. The van der Waals surface area contributed by atoms with Gasteiger partial charge >= 0.3 is 11.9 Å². The van der Waals surface area contributed by atoms with Gasteiger partial charge in [0, 0.05) is 17.4 Å². The van der Waals surface area contributed by atoms with Gasteiger partial charge in [0.2, 0.25) is 5.91 Å². The van der Waals surface area contributed by atoms with Crippen molar-refractivity contribution in [3.63, 3.8) is 0 Å². The number of para-hydroxylation sites is 1. The molecule has 2 atom stereocenters. The van der Waals surface area contributed by atoms with E-state index < -0.39 is 30.0 Å². The number of carbonyl (C=O) groups excluding carboxylic acids is 1. The van der Waals surface area contributed by atoms with Gasteiger partial charge < -0.3 is 25.4 Å². The van der Waals surface area contributed by atoms with Gasteiger partial charge in [-0.2, -0.15) is 11.8 Å². The van der Waals surface area contributed by atoms with Crippen LogP contribution in [0.4, 0.5) is 0 Å². The number of hydrogen-bond acceptors (Lipinski definition) is 6. The van der Waals surface area contributed by atoms with Crippen molar-refractivity contribution >= 4 is 35.7 Å². The summed E-state index contributed by atoms with van der Waals surface area (Å²) < 4.78 is 5.74. The normalized spacial score (nSPS) is 13.0. The number of carbonyl (C=O) groups is 3. The lowest BCUT2D eigenvalue weighted by molar-refractivity contribution is -0.139. The minimum atomic E-state index is -1.11. The Morgan fingerprint density at radius 1 is 0.951 bits per heavy atom. The molecule has 0 bridgehead atoms. The fourth-order valence-corrected chi connectivity index (χ4v) is 5.29. The maximum absolute atomic E-state index is 12.5. The Morgan fingerprint density at radius 2 is 1.66 bits per heavy atom. The van der Waals surface area contributed by atoms with E-state index in [2.05, 4.69) is 17.4 Å². The van der Waals surface area contributed by atoms with Gasteiger partial charge in [-0.3, -0.25) is 14.4 Å². The maximum Gasteiger partial charge on any atom is 0.322 e. The molecule has 8 nitrogen and oxygen atoms in total. The summed E-state index contributed by atoms with van der Waals surface area (Å²) in [6, 6.07) is 18.1. The molecular formula is C32H43NO7S. The predicted molar refractivity (Wildman–Crippen MR) is 163 cm³/mol. The average molecular weight is 586 g/mol. The zero-order valence-electron chi connectivity index (χ0n) is 24.0. The molecule has 4 N–H and O–H groups in total. The quantitative estimate of drug-likeness (QED) is 0.151. The minimum Gasteiger partial charge on any atom is -0.494 e. The van der Waals surface area contributed by atoms with Gasteiger partial charge in [-0.05, 0) is 61.8 Å². The summed E-state index contributed by atoms with van der Waals surface area (Å²) in [5.74, 6) is -1.16. The summed E-state index contributed by atoms with van der Waals surface area (Å²) in [4.78, 5) is 34.2. The SMILES string of the molecule is CC(C)(CSC(/C=C/c1ccc(CCCCCOc2ccccc2)cc1)C(O)CCCC(=O)O)C(=O)NCC(=O)O. The summed E-state index contributed by atoms with van der Waals surface area (Å²) in [7, 11) is 0. The zero-order valence-corrected chi connectivity index (χ0v) is 24.8. The van der Waals surface area contributed by atoms with Crippen LogP contribution in [0, 0.1) is 5.41 Å². The van der Waals surface area contributed by atoms with Gasteiger partial charge in [0.05, 0.1) is 18.1 Å². The van der Waals surface area contributed by atoms with Crippen LogP contribution in [-0.2, 0) is 20.8 Å². The van der Waals surface area contributed by atoms with E-state index in [1.807, 2.05) is 54.6 Å². The van der Waals surface area contributed by atoms with Crippen LogP contribution in [-0.4, -0.2) is 63.4 Å². The smallest absolute Gasteiger partial charge is 0.322 e. The molecule has 0 fully saturated rings. The van der Waals surface area contributed by atoms with Gasteiger partial charge in [-0.15, -0.1) is 0 Å². The minimum absolute atomic E-state index is 0.0250. The van der Waals surface area contributed by atoms with Crippen molar-refractivity contribution in [2.45, 2.75) is 70.1 Å². The Hall–Kier alpha value is -3.30. The first kappa shape index (κ1) is 33.9. The summed E-state index contributed by atoms with van der Waals surface area (Å²) in [5.41, 5.74) is 1.37. The molecule has 0 radical (unpaired) electrons. The highest BCUT2D eigenvalue weighted by Gasteiger charge is 2.30. The van der Waals surface area contributed by atoms with Crippen LogP contribution in [0.2, 0.25) is 0 Å². The summed E-state index contributed by atoms with van der Waals surface area (Å²) >= 11 is 1.39. The molecule has 0 aliphatic heterocycles. The Morgan fingerprint density at radius 3 is 2.32 bits per heavy atom. The molecule has 0 heterocycles. The van der Waals surface area contributed by atoms with E-state index in [0.29, 0.717) is 25.2 Å². The third-order valence-electron chi connectivity index (χ3n) is 6.50. The van der Waals surface area contributed by atoms with E-state index in [1.54, 1.807) is 13.8 Å².